The van der Waals surface area contributed by atoms with E-state index < -0.39 is 35.1 Å². The maximum absolute atomic E-state index is 14.9. The second kappa shape index (κ2) is 9.47. The molecule has 3 aromatic rings. The van der Waals surface area contributed by atoms with E-state index in [1.807, 2.05) is 13.8 Å². The summed E-state index contributed by atoms with van der Waals surface area (Å²) < 4.78 is 34.5. The molecule has 0 aliphatic carbocycles. The highest BCUT2D eigenvalue weighted by Gasteiger charge is 2.47. The van der Waals surface area contributed by atoms with E-state index in [1.54, 1.807) is 30.3 Å². The van der Waals surface area contributed by atoms with Gasteiger partial charge in [0.25, 0.3) is 11.7 Å². The molecule has 1 atom stereocenters. The Morgan fingerprint density at radius 1 is 1.00 bits per heavy atom. The predicted molar refractivity (Wildman–Crippen MR) is 124 cm³/mol. The largest absolute Gasteiger partial charge is 0.507 e. The molecule has 0 bridgehead atoms. The predicted octanol–water partition coefficient (Wildman–Crippen LogP) is 5.63. The van der Waals surface area contributed by atoms with Crippen molar-refractivity contribution in [2.24, 2.45) is 5.92 Å². The number of aliphatic hydroxyl groups excluding tert-OH is 1. The molecular formula is C27H23F2NO4. The highest BCUT2D eigenvalue weighted by Crippen LogP contribution is 2.43. The molecule has 1 N–H and O–H groups in total. The number of Topliss-reactive ketones (excluding diaryl/α,β-unsaturated/α-hetero) is 1. The average Bonchev–Trinajstić information content (AvgIpc) is 3.08. The molecule has 1 fully saturated rings. The van der Waals surface area contributed by atoms with Crippen LogP contribution in [0.2, 0.25) is 0 Å². The number of benzene rings is 3. The summed E-state index contributed by atoms with van der Waals surface area (Å²) in [5.41, 5.74) is 0.0573. The number of halogens is 2. The number of aliphatic hydroxyl groups is 1. The fourth-order valence-corrected chi connectivity index (χ4v) is 3.84. The van der Waals surface area contributed by atoms with Crippen LogP contribution in [-0.4, -0.2) is 23.4 Å². The summed E-state index contributed by atoms with van der Waals surface area (Å²) in [6, 6.07) is 15.9. The molecule has 4 rings (SSSR count). The minimum atomic E-state index is -1.28. The van der Waals surface area contributed by atoms with Crippen molar-refractivity contribution >= 4 is 23.1 Å². The third-order valence-corrected chi connectivity index (χ3v) is 5.44. The molecule has 174 valence electrons. The molecule has 3 aromatic carbocycles. The molecule has 1 saturated heterocycles. The summed E-state index contributed by atoms with van der Waals surface area (Å²) in [5.74, 6) is -2.82. The molecule has 1 aliphatic rings. The fraction of sp³-hybridized carbons (Fsp3) is 0.185. The Hall–Kier alpha value is -4.00. The first kappa shape index (κ1) is 23.2. The lowest BCUT2D eigenvalue weighted by atomic mass is 9.94. The van der Waals surface area contributed by atoms with Gasteiger partial charge >= 0.3 is 0 Å². The van der Waals surface area contributed by atoms with Crippen LogP contribution >= 0.6 is 0 Å². The van der Waals surface area contributed by atoms with Crippen molar-refractivity contribution in [3.05, 3.63) is 101 Å². The van der Waals surface area contributed by atoms with Crippen LogP contribution in [0.25, 0.3) is 5.76 Å². The number of amides is 1. The third kappa shape index (κ3) is 4.41. The molecule has 34 heavy (non-hydrogen) atoms. The van der Waals surface area contributed by atoms with Crippen molar-refractivity contribution in [2.45, 2.75) is 19.9 Å². The number of hydrogen-bond acceptors (Lipinski definition) is 4. The SMILES string of the molecule is CC(C)COc1ccc(/C(O)=C2\C(=O)C(=O)N(c3cccc(F)c3)C2c2ccccc2F)cc1. The van der Waals surface area contributed by atoms with Crippen molar-refractivity contribution in [3.8, 4) is 5.75 Å². The highest BCUT2D eigenvalue weighted by molar-refractivity contribution is 6.51. The molecule has 7 heteroatoms. The second-order valence-corrected chi connectivity index (χ2v) is 8.40. The number of rotatable bonds is 6. The Morgan fingerprint density at radius 2 is 1.71 bits per heavy atom. The number of nitrogens with zero attached hydrogens (tertiary/aromatic N) is 1. The van der Waals surface area contributed by atoms with Crippen LogP contribution in [0.4, 0.5) is 14.5 Å². The van der Waals surface area contributed by atoms with Gasteiger partial charge in [-0.3, -0.25) is 14.5 Å². The topological polar surface area (TPSA) is 66.8 Å². The standard InChI is InChI=1S/C27H23F2NO4/c1-16(2)15-34-20-12-10-17(11-13-20)25(31)23-24(21-8-3-4-9-22(21)29)30(27(33)26(23)32)19-7-5-6-18(28)14-19/h3-14,16,24,31H,15H2,1-2H3/b25-23+. The zero-order valence-electron chi connectivity index (χ0n) is 18.7. The third-order valence-electron chi connectivity index (χ3n) is 5.44. The molecule has 1 amide bonds. The molecule has 0 radical (unpaired) electrons. The second-order valence-electron chi connectivity index (χ2n) is 8.40. The first-order valence-electron chi connectivity index (χ1n) is 10.8. The molecule has 0 spiro atoms. The highest BCUT2D eigenvalue weighted by atomic mass is 19.1. The number of carbonyl (C=O) groups excluding carboxylic acids is 2. The van der Waals surface area contributed by atoms with Crippen molar-refractivity contribution in [1.82, 2.24) is 0 Å². The van der Waals surface area contributed by atoms with Crippen LogP contribution in [-0.2, 0) is 9.59 Å². The van der Waals surface area contributed by atoms with E-state index in [-0.39, 0.29) is 22.4 Å². The quantitative estimate of drug-likeness (QED) is 0.293. The summed E-state index contributed by atoms with van der Waals surface area (Å²) in [7, 11) is 0. The van der Waals surface area contributed by atoms with Gasteiger partial charge in [-0.2, -0.15) is 0 Å². The lowest BCUT2D eigenvalue weighted by Crippen LogP contribution is -2.30. The van der Waals surface area contributed by atoms with Crippen LogP contribution < -0.4 is 9.64 Å². The van der Waals surface area contributed by atoms with Crippen LogP contribution in [0.3, 0.4) is 0 Å². The van der Waals surface area contributed by atoms with Gasteiger partial charge in [-0.25, -0.2) is 8.78 Å². The van der Waals surface area contributed by atoms with Gasteiger partial charge in [0.05, 0.1) is 18.2 Å². The van der Waals surface area contributed by atoms with Crippen LogP contribution in [0.1, 0.15) is 31.0 Å². The smallest absolute Gasteiger partial charge is 0.300 e. The normalized spacial score (nSPS) is 17.4. The van der Waals surface area contributed by atoms with Gasteiger partial charge in [-0.15, -0.1) is 0 Å². The van der Waals surface area contributed by atoms with Crippen molar-refractivity contribution in [1.29, 1.82) is 0 Å². The number of hydrogen-bond donors (Lipinski definition) is 1. The van der Waals surface area contributed by atoms with Crippen LogP contribution in [0, 0.1) is 17.6 Å². The van der Waals surface area contributed by atoms with Gasteiger partial charge < -0.3 is 9.84 Å². The molecule has 0 aromatic heterocycles. The first-order chi connectivity index (χ1) is 16.3. The summed E-state index contributed by atoms with van der Waals surface area (Å²) >= 11 is 0. The summed E-state index contributed by atoms with van der Waals surface area (Å²) in [6.45, 7) is 4.54. The monoisotopic (exact) mass is 463 g/mol. The minimum absolute atomic E-state index is 0.00407. The first-order valence-corrected chi connectivity index (χ1v) is 10.8. The molecule has 1 unspecified atom stereocenters. The van der Waals surface area contributed by atoms with E-state index in [0.29, 0.717) is 18.3 Å². The Bertz CT molecular complexity index is 1270. The van der Waals surface area contributed by atoms with E-state index in [2.05, 4.69) is 0 Å². The van der Waals surface area contributed by atoms with E-state index in [1.165, 1.54) is 36.4 Å². The zero-order chi connectivity index (χ0) is 24.4. The van der Waals surface area contributed by atoms with Crippen molar-refractivity contribution in [2.75, 3.05) is 11.5 Å². The Labute approximate surface area is 195 Å². The van der Waals surface area contributed by atoms with Gasteiger partial charge in [0.1, 0.15) is 23.1 Å². The minimum Gasteiger partial charge on any atom is -0.507 e. The average molecular weight is 463 g/mol. The molecule has 1 heterocycles. The number of ether oxygens (including phenoxy) is 1. The van der Waals surface area contributed by atoms with Gasteiger partial charge in [0, 0.05) is 16.8 Å². The summed E-state index contributed by atoms with van der Waals surface area (Å²) in [6.07, 6.45) is 0. The Kier molecular flexibility index (Phi) is 6.45. The molecule has 0 saturated carbocycles. The fourth-order valence-electron chi connectivity index (χ4n) is 3.84. The number of carbonyl (C=O) groups is 2. The molecular weight excluding hydrogens is 440 g/mol. The molecule has 5 nitrogen and oxygen atoms in total. The van der Waals surface area contributed by atoms with Crippen molar-refractivity contribution < 1.29 is 28.2 Å². The maximum Gasteiger partial charge on any atom is 0.300 e. The van der Waals surface area contributed by atoms with E-state index in [4.69, 9.17) is 4.74 Å². The maximum atomic E-state index is 14.9. The summed E-state index contributed by atoms with van der Waals surface area (Å²) in [5, 5.41) is 11.1. The Morgan fingerprint density at radius 3 is 2.35 bits per heavy atom. The Balaban J connectivity index is 1.84. The van der Waals surface area contributed by atoms with E-state index in [0.717, 1.165) is 11.0 Å². The van der Waals surface area contributed by atoms with Crippen LogP contribution in [0.5, 0.6) is 5.75 Å². The van der Waals surface area contributed by atoms with E-state index >= 15 is 0 Å². The van der Waals surface area contributed by atoms with Crippen molar-refractivity contribution in [3.63, 3.8) is 0 Å². The lowest BCUT2D eigenvalue weighted by Gasteiger charge is -2.25. The molecule has 1 aliphatic heterocycles. The van der Waals surface area contributed by atoms with Gasteiger partial charge in [0.15, 0.2) is 0 Å². The number of ketones is 1. The lowest BCUT2D eigenvalue weighted by molar-refractivity contribution is -0.132. The zero-order valence-corrected chi connectivity index (χ0v) is 18.7. The van der Waals surface area contributed by atoms with Gasteiger partial charge in [-0.1, -0.05) is 38.1 Å². The summed E-state index contributed by atoms with van der Waals surface area (Å²) in [4.78, 5) is 27.1. The van der Waals surface area contributed by atoms with E-state index in [9.17, 15) is 23.5 Å². The van der Waals surface area contributed by atoms with Crippen LogP contribution in [0.15, 0.2) is 78.4 Å². The van der Waals surface area contributed by atoms with Gasteiger partial charge in [0.2, 0.25) is 0 Å². The number of anilines is 1. The van der Waals surface area contributed by atoms with Gasteiger partial charge in [-0.05, 0) is 54.4 Å².